The lowest BCUT2D eigenvalue weighted by atomic mass is 10.3. The number of amidine groups is 1. The Morgan fingerprint density at radius 2 is 2.00 bits per heavy atom. The second-order valence-electron chi connectivity index (χ2n) is 3.47. The molecule has 0 aliphatic rings. The second kappa shape index (κ2) is 9.73. The highest BCUT2D eigenvalue weighted by molar-refractivity contribution is 5.79. The normalized spacial score (nSPS) is 12.3. The van der Waals surface area contributed by atoms with E-state index in [1.807, 2.05) is 0 Å². The predicted molar refractivity (Wildman–Crippen MR) is 63.3 cm³/mol. The van der Waals surface area contributed by atoms with E-state index in [1.165, 1.54) is 0 Å². The first-order valence-corrected chi connectivity index (χ1v) is 5.64. The summed E-state index contributed by atoms with van der Waals surface area (Å²) in [6, 6.07) is 0. The molecule has 90 valence electrons. The average Bonchev–Trinajstić information content (AvgIpc) is 2.28. The van der Waals surface area contributed by atoms with Gasteiger partial charge in [-0.05, 0) is 32.6 Å². The molecule has 0 atom stereocenters. The molecule has 0 saturated carbocycles. The van der Waals surface area contributed by atoms with Crippen LogP contribution in [0.4, 0.5) is 0 Å². The molecule has 5 heteroatoms. The summed E-state index contributed by atoms with van der Waals surface area (Å²) < 4.78 is 0. The van der Waals surface area contributed by atoms with Gasteiger partial charge in [0.05, 0.1) is 0 Å². The molecule has 0 rings (SSSR count). The Kier molecular flexibility index (Phi) is 9.21. The first kappa shape index (κ1) is 14.2. The quantitative estimate of drug-likeness (QED) is 0.172. The number of hydrogen-bond donors (Lipinski definition) is 3. The van der Waals surface area contributed by atoms with E-state index in [4.69, 9.17) is 10.9 Å². The lowest BCUT2D eigenvalue weighted by molar-refractivity contribution is 0.298. The summed E-state index contributed by atoms with van der Waals surface area (Å²) in [7, 11) is 0. The van der Waals surface area contributed by atoms with Crippen LogP contribution in [0.5, 0.6) is 0 Å². The van der Waals surface area contributed by atoms with Gasteiger partial charge in [0, 0.05) is 13.0 Å². The van der Waals surface area contributed by atoms with Crippen molar-refractivity contribution in [3.63, 3.8) is 0 Å². The van der Waals surface area contributed by atoms with Crippen LogP contribution in [0.1, 0.15) is 26.7 Å². The number of oxime groups is 1. The molecule has 0 aromatic rings. The molecule has 0 saturated heterocycles. The SMILES string of the molecule is CCN(CC)CCCNCCC(N)=NO. The highest BCUT2D eigenvalue weighted by atomic mass is 16.4. The molecular formula is C10H24N4O. The monoisotopic (exact) mass is 216 g/mol. The lowest BCUT2D eigenvalue weighted by Gasteiger charge is -2.17. The third-order valence-corrected chi connectivity index (χ3v) is 2.41. The first-order valence-electron chi connectivity index (χ1n) is 5.64. The number of nitrogens with two attached hydrogens (primary N) is 1. The standard InChI is InChI=1S/C10H24N4O/c1-3-14(4-2)9-5-7-12-8-6-10(11)13-15/h12,15H,3-9H2,1-2H3,(H2,11,13). The van der Waals surface area contributed by atoms with Gasteiger partial charge in [0.25, 0.3) is 0 Å². The van der Waals surface area contributed by atoms with Crippen LogP contribution in [-0.4, -0.2) is 48.7 Å². The average molecular weight is 216 g/mol. The van der Waals surface area contributed by atoms with Crippen molar-refractivity contribution in [1.29, 1.82) is 0 Å². The lowest BCUT2D eigenvalue weighted by Crippen LogP contribution is -2.28. The minimum absolute atomic E-state index is 0.284. The number of rotatable bonds is 9. The fourth-order valence-corrected chi connectivity index (χ4v) is 1.36. The molecular weight excluding hydrogens is 192 g/mol. The van der Waals surface area contributed by atoms with Crippen molar-refractivity contribution >= 4 is 5.84 Å². The third kappa shape index (κ3) is 8.20. The van der Waals surface area contributed by atoms with Gasteiger partial charge in [0.15, 0.2) is 0 Å². The molecule has 0 unspecified atom stereocenters. The Morgan fingerprint density at radius 1 is 1.33 bits per heavy atom. The highest BCUT2D eigenvalue weighted by Gasteiger charge is 1.97. The van der Waals surface area contributed by atoms with Gasteiger partial charge in [0.1, 0.15) is 5.84 Å². The van der Waals surface area contributed by atoms with Crippen LogP contribution in [0.25, 0.3) is 0 Å². The Hall–Kier alpha value is -0.810. The zero-order valence-corrected chi connectivity index (χ0v) is 9.87. The van der Waals surface area contributed by atoms with Crippen molar-refractivity contribution in [2.45, 2.75) is 26.7 Å². The Bertz CT molecular complexity index is 169. The summed E-state index contributed by atoms with van der Waals surface area (Å²) in [5.41, 5.74) is 5.33. The van der Waals surface area contributed by atoms with Gasteiger partial charge in [0.2, 0.25) is 0 Å². The Labute approximate surface area is 92.3 Å². The van der Waals surface area contributed by atoms with Crippen molar-refractivity contribution < 1.29 is 5.21 Å². The molecule has 15 heavy (non-hydrogen) atoms. The number of nitrogens with zero attached hydrogens (tertiary/aromatic N) is 2. The summed E-state index contributed by atoms with van der Waals surface area (Å²) in [5.74, 6) is 0.284. The zero-order chi connectivity index (χ0) is 11.5. The summed E-state index contributed by atoms with van der Waals surface area (Å²) in [6.07, 6.45) is 1.74. The van der Waals surface area contributed by atoms with E-state index in [0.717, 1.165) is 39.1 Å². The van der Waals surface area contributed by atoms with E-state index < -0.39 is 0 Å². The molecule has 0 amide bonds. The fourth-order valence-electron chi connectivity index (χ4n) is 1.36. The van der Waals surface area contributed by atoms with E-state index in [2.05, 4.69) is 29.2 Å². The maximum Gasteiger partial charge on any atom is 0.140 e. The van der Waals surface area contributed by atoms with Gasteiger partial charge in [-0.1, -0.05) is 19.0 Å². The minimum atomic E-state index is 0.284. The molecule has 0 heterocycles. The van der Waals surface area contributed by atoms with Gasteiger partial charge >= 0.3 is 0 Å². The van der Waals surface area contributed by atoms with Gasteiger partial charge in [-0.15, -0.1) is 0 Å². The maximum absolute atomic E-state index is 8.30. The molecule has 0 aromatic carbocycles. The molecule has 4 N–H and O–H groups in total. The smallest absolute Gasteiger partial charge is 0.140 e. The van der Waals surface area contributed by atoms with E-state index in [9.17, 15) is 0 Å². The summed E-state index contributed by atoms with van der Waals surface area (Å²) in [4.78, 5) is 2.39. The topological polar surface area (TPSA) is 73.9 Å². The minimum Gasteiger partial charge on any atom is -0.409 e. The van der Waals surface area contributed by atoms with E-state index >= 15 is 0 Å². The van der Waals surface area contributed by atoms with Crippen molar-refractivity contribution in [3.05, 3.63) is 0 Å². The summed E-state index contributed by atoms with van der Waals surface area (Å²) in [5, 5.41) is 14.5. The third-order valence-electron chi connectivity index (χ3n) is 2.41. The number of hydrogen-bond acceptors (Lipinski definition) is 4. The van der Waals surface area contributed by atoms with Crippen LogP contribution in [0.2, 0.25) is 0 Å². The Morgan fingerprint density at radius 3 is 2.53 bits per heavy atom. The van der Waals surface area contributed by atoms with Crippen molar-refractivity contribution in [2.24, 2.45) is 10.9 Å². The van der Waals surface area contributed by atoms with Crippen LogP contribution >= 0.6 is 0 Å². The van der Waals surface area contributed by atoms with Crippen molar-refractivity contribution in [1.82, 2.24) is 10.2 Å². The van der Waals surface area contributed by atoms with Crippen LogP contribution < -0.4 is 11.1 Å². The molecule has 0 bridgehead atoms. The molecule has 0 aliphatic carbocycles. The zero-order valence-electron chi connectivity index (χ0n) is 9.87. The van der Waals surface area contributed by atoms with E-state index in [0.29, 0.717) is 6.42 Å². The Balaban J connectivity index is 3.24. The fraction of sp³-hybridized carbons (Fsp3) is 0.900. The number of nitrogens with one attached hydrogen (secondary N) is 1. The second-order valence-corrected chi connectivity index (χ2v) is 3.47. The van der Waals surface area contributed by atoms with Crippen LogP contribution in [-0.2, 0) is 0 Å². The predicted octanol–water partition coefficient (Wildman–Crippen LogP) is 0.444. The van der Waals surface area contributed by atoms with Crippen LogP contribution in [0.15, 0.2) is 5.16 Å². The maximum atomic E-state index is 8.30. The van der Waals surface area contributed by atoms with Gasteiger partial charge in [-0.2, -0.15) is 0 Å². The van der Waals surface area contributed by atoms with Gasteiger partial charge < -0.3 is 21.2 Å². The van der Waals surface area contributed by atoms with Crippen LogP contribution in [0, 0.1) is 0 Å². The molecule has 0 spiro atoms. The van der Waals surface area contributed by atoms with Crippen LogP contribution in [0.3, 0.4) is 0 Å². The molecule has 5 nitrogen and oxygen atoms in total. The van der Waals surface area contributed by atoms with Crippen molar-refractivity contribution in [3.8, 4) is 0 Å². The molecule has 0 aliphatic heterocycles. The van der Waals surface area contributed by atoms with Gasteiger partial charge in [-0.3, -0.25) is 0 Å². The first-order chi connectivity index (χ1) is 7.24. The van der Waals surface area contributed by atoms with E-state index in [-0.39, 0.29) is 5.84 Å². The largest absolute Gasteiger partial charge is 0.409 e. The van der Waals surface area contributed by atoms with Gasteiger partial charge in [-0.25, -0.2) is 0 Å². The molecule has 0 radical (unpaired) electrons. The molecule has 0 fully saturated rings. The van der Waals surface area contributed by atoms with Crippen molar-refractivity contribution in [2.75, 3.05) is 32.7 Å². The molecule has 0 aromatic heterocycles. The summed E-state index contributed by atoms with van der Waals surface area (Å²) >= 11 is 0. The van der Waals surface area contributed by atoms with E-state index in [1.54, 1.807) is 0 Å². The highest BCUT2D eigenvalue weighted by Crippen LogP contribution is 1.89. The summed E-state index contributed by atoms with van der Waals surface area (Å²) in [6.45, 7) is 9.46.